The topological polar surface area (TPSA) is 17.8 Å². The fourth-order valence-electron chi connectivity index (χ4n) is 0.934. The van der Waals surface area contributed by atoms with Crippen LogP contribution in [-0.4, -0.2) is 9.78 Å². The van der Waals surface area contributed by atoms with Crippen molar-refractivity contribution in [3.8, 4) is 12.3 Å². The highest BCUT2D eigenvalue weighted by molar-refractivity contribution is 5.13. The second-order valence-corrected chi connectivity index (χ2v) is 2.28. The maximum atomic E-state index is 5.15. The number of rotatable bonds is 1. The lowest BCUT2D eigenvalue weighted by molar-refractivity contribution is 0.722. The van der Waals surface area contributed by atoms with Crippen LogP contribution < -0.4 is 0 Å². The SMILES string of the molecule is C#CCc1cc(C)nn1C. The van der Waals surface area contributed by atoms with Gasteiger partial charge in [0, 0.05) is 7.05 Å². The van der Waals surface area contributed by atoms with Crippen molar-refractivity contribution in [2.75, 3.05) is 0 Å². The molecule has 1 heterocycles. The molecule has 1 rings (SSSR count). The Labute approximate surface area is 60.9 Å². The minimum atomic E-state index is 0.664. The van der Waals surface area contributed by atoms with E-state index in [0.29, 0.717) is 6.42 Å². The van der Waals surface area contributed by atoms with E-state index in [9.17, 15) is 0 Å². The Bertz CT molecular complexity index is 265. The minimum Gasteiger partial charge on any atom is -0.271 e. The maximum Gasteiger partial charge on any atom is 0.0596 e. The third kappa shape index (κ3) is 1.19. The van der Waals surface area contributed by atoms with Gasteiger partial charge in [0.05, 0.1) is 17.8 Å². The fourth-order valence-corrected chi connectivity index (χ4v) is 0.934. The maximum absolute atomic E-state index is 5.15. The summed E-state index contributed by atoms with van der Waals surface area (Å²) in [6.45, 7) is 1.96. The second-order valence-electron chi connectivity index (χ2n) is 2.28. The van der Waals surface area contributed by atoms with Crippen molar-refractivity contribution in [2.24, 2.45) is 7.05 Å². The van der Waals surface area contributed by atoms with Gasteiger partial charge in [-0.05, 0) is 13.0 Å². The average Bonchev–Trinajstić information content (AvgIpc) is 2.13. The van der Waals surface area contributed by atoms with Crippen molar-refractivity contribution in [1.29, 1.82) is 0 Å². The van der Waals surface area contributed by atoms with E-state index in [1.165, 1.54) is 0 Å². The van der Waals surface area contributed by atoms with Gasteiger partial charge in [-0.2, -0.15) is 5.10 Å². The monoisotopic (exact) mass is 134 g/mol. The van der Waals surface area contributed by atoms with E-state index in [0.717, 1.165) is 11.4 Å². The standard InChI is InChI=1S/C8H10N2/c1-4-5-8-6-7(2)9-10(8)3/h1,6H,5H2,2-3H3. The summed E-state index contributed by atoms with van der Waals surface area (Å²) in [4.78, 5) is 0. The highest BCUT2D eigenvalue weighted by Gasteiger charge is 1.97. The van der Waals surface area contributed by atoms with Crippen LogP contribution in [0, 0.1) is 19.3 Å². The van der Waals surface area contributed by atoms with Crippen LogP contribution in [0.4, 0.5) is 0 Å². The van der Waals surface area contributed by atoms with Crippen molar-refractivity contribution < 1.29 is 0 Å². The van der Waals surface area contributed by atoms with Crippen LogP contribution >= 0.6 is 0 Å². The summed E-state index contributed by atoms with van der Waals surface area (Å²) in [5.41, 5.74) is 2.12. The zero-order valence-electron chi connectivity index (χ0n) is 6.26. The van der Waals surface area contributed by atoms with Crippen LogP contribution in [0.25, 0.3) is 0 Å². The minimum absolute atomic E-state index is 0.664. The van der Waals surface area contributed by atoms with Crippen LogP contribution in [-0.2, 0) is 13.5 Å². The van der Waals surface area contributed by atoms with Gasteiger partial charge in [0.2, 0.25) is 0 Å². The predicted molar refractivity (Wildman–Crippen MR) is 40.5 cm³/mol. The molecule has 1 aromatic rings. The van der Waals surface area contributed by atoms with Crippen LogP contribution in [0.3, 0.4) is 0 Å². The summed E-state index contributed by atoms with van der Waals surface area (Å²) in [5, 5.41) is 4.15. The Kier molecular flexibility index (Phi) is 1.77. The zero-order chi connectivity index (χ0) is 7.56. The van der Waals surface area contributed by atoms with Crippen molar-refractivity contribution in [3.63, 3.8) is 0 Å². The molecule has 0 unspecified atom stereocenters. The normalized spacial score (nSPS) is 9.30. The summed E-state index contributed by atoms with van der Waals surface area (Å²) < 4.78 is 1.81. The summed E-state index contributed by atoms with van der Waals surface area (Å²) in [5.74, 6) is 2.58. The zero-order valence-corrected chi connectivity index (χ0v) is 6.26. The summed E-state index contributed by atoms with van der Waals surface area (Å²) in [6, 6.07) is 2.00. The Morgan fingerprint density at radius 2 is 2.50 bits per heavy atom. The van der Waals surface area contributed by atoms with Crippen molar-refractivity contribution in [1.82, 2.24) is 9.78 Å². The van der Waals surface area contributed by atoms with E-state index in [1.54, 1.807) is 0 Å². The molecule has 52 valence electrons. The summed E-state index contributed by atoms with van der Waals surface area (Å²) >= 11 is 0. The summed E-state index contributed by atoms with van der Waals surface area (Å²) in [6.07, 6.45) is 5.81. The Balaban J connectivity index is 2.94. The molecule has 0 radical (unpaired) electrons. The number of nitrogens with zero attached hydrogens (tertiary/aromatic N) is 2. The quantitative estimate of drug-likeness (QED) is 0.522. The first-order chi connectivity index (χ1) is 4.74. The first-order valence-corrected chi connectivity index (χ1v) is 3.17. The molecule has 0 fully saturated rings. The molecule has 0 atom stereocenters. The molecular weight excluding hydrogens is 124 g/mol. The van der Waals surface area contributed by atoms with Crippen LogP contribution in [0.2, 0.25) is 0 Å². The van der Waals surface area contributed by atoms with Crippen molar-refractivity contribution in [3.05, 3.63) is 17.5 Å². The molecule has 0 aliphatic heterocycles. The Morgan fingerprint density at radius 1 is 1.80 bits per heavy atom. The smallest absolute Gasteiger partial charge is 0.0596 e. The number of hydrogen-bond acceptors (Lipinski definition) is 1. The van der Waals surface area contributed by atoms with E-state index >= 15 is 0 Å². The molecule has 2 heteroatoms. The molecule has 0 aliphatic carbocycles. The molecule has 0 bridgehead atoms. The number of terminal acetylenes is 1. The lowest BCUT2D eigenvalue weighted by atomic mass is 10.3. The number of hydrogen-bond donors (Lipinski definition) is 0. The van der Waals surface area contributed by atoms with Gasteiger partial charge >= 0.3 is 0 Å². The van der Waals surface area contributed by atoms with E-state index in [-0.39, 0.29) is 0 Å². The van der Waals surface area contributed by atoms with Gasteiger partial charge in [-0.3, -0.25) is 4.68 Å². The van der Waals surface area contributed by atoms with Crippen LogP contribution in [0.15, 0.2) is 6.07 Å². The molecule has 0 amide bonds. The molecule has 2 nitrogen and oxygen atoms in total. The number of aryl methyl sites for hydroxylation is 2. The highest BCUT2D eigenvalue weighted by Crippen LogP contribution is 2.00. The van der Waals surface area contributed by atoms with Crippen LogP contribution in [0.1, 0.15) is 11.4 Å². The van der Waals surface area contributed by atoms with E-state index in [4.69, 9.17) is 6.42 Å². The van der Waals surface area contributed by atoms with Crippen LogP contribution in [0.5, 0.6) is 0 Å². The molecular formula is C8H10N2. The lowest BCUT2D eigenvalue weighted by Gasteiger charge is -1.92. The van der Waals surface area contributed by atoms with E-state index < -0.39 is 0 Å². The largest absolute Gasteiger partial charge is 0.271 e. The Morgan fingerprint density at radius 3 is 2.90 bits per heavy atom. The van der Waals surface area contributed by atoms with Gasteiger partial charge in [0.1, 0.15) is 0 Å². The van der Waals surface area contributed by atoms with Crippen molar-refractivity contribution >= 4 is 0 Å². The first-order valence-electron chi connectivity index (χ1n) is 3.17. The third-order valence-corrected chi connectivity index (χ3v) is 1.38. The molecule has 0 aromatic carbocycles. The molecule has 10 heavy (non-hydrogen) atoms. The van der Waals surface area contributed by atoms with Gasteiger partial charge in [0.15, 0.2) is 0 Å². The van der Waals surface area contributed by atoms with E-state index in [2.05, 4.69) is 11.0 Å². The first kappa shape index (κ1) is 6.88. The van der Waals surface area contributed by atoms with Gasteiger partial charge in [-0.15, -0.1) is 12.3 Å². The third-order valence-electron chi connectivity index (χ3n) is 1.38. The Hall–Kier alpha value is -1.23. The van der Waals surface area contributed by atoms with Crippen molar-refractivity contribution in [2.45, 2.75) is 13.3 Å². The second kappa shape index (κ2) is 2.57. The fraction of sp³-hybridized carbons (Fsp3) is 0.375. The highest BCUT2D eigenvalue weighted by atomic mass is 15.3. The predicted octanol–water partition coefficient (Wildman–Crippen LogP) is 0.904. The van der Waals surface area contributed by atoms with Gasteiger partial charge in [0.25, 0.3) is 0 Å². The van der Waals surface area contributed by atoms with E-state index in [1.807, 2.05) is 24.7 Å². The van der Waals surface area contributed by atoms with Gasteiger partial charge in [-0.1, -0.05) is 0 Å². The van der Waals surface area contributed by atoms with Gasteiger partial charge < -0.3 is 0 Å². The average molecular weight is 134 g/mol. The molecule has 0 N–H and O–H groups in total. The number of aromatic nitrogens is 2. The summed E-state index contributed by atoms with van der Waals surface area (Å²) in [7, 11) is 1.90. The molecule has 0 saturated carbocycles. The lowest BCUT2D eigenvalue weighted by Crippen LogP contribution is -1.96. The van der Waals surface area contributed by atoms with Gasteiger partial charge in [-0.25, -0.2) is 0 Å². The molecule has 0 spiro atoms. The molecule has 0 saturated heterocycles. The molecule has 1 aromatic heterocycles. The molecule has 0 aliphatic rings.